The minimum absolute atomic E-state index is 0.556. The molecule has 0 aliphatic heterocycles. The Hall–Kier alpha value is -2.01. The molecular formula is C11H13N5. The molecule has 0 atom stereocenters. The Balaban J connectivity index is 2.22. The van der Waals surface area contributed by atoms with Crippen LogP contribution in [0.2, 0.25) is 0 Å². The monoisotopic (exact) mass is 215 g/mol. The molecule has 0 aliphatic carbocycles. The van der Waals surface area contributed by atoms with Crippen molar-refractivity contribution in [2.75, 3.05) is 18.4 Å². The van der Waals surface area contributed by atoms with Crippen molar-refractivity contribution in [1.29, 1.82) is 0 Å². The lowest BCUT2D eigenvalue weighted by atomic mass is 10.2. The number of pyridine rings is 1. The fourth-order valence-electron chi connectivity index (χ4n) is 1.30. The maximum atomic E-state index is 5.40. The Kier molecular flexibility index (Phi) is 3.40. The number of nitrogens with two attached hydrogens (primary N) is 1. The van der Waals surface area contributed by atoms with Gasteiger partial charge in [0.25, 0.3) is 0 Å². The molecule has 0 spiro atoms. The summed E-state index contributed by atoms with van der Waals surface area (Å²) < 4.78 is 0. The van der Waals surface area contributed by atoms with Gasteiger partial charge in [-0.1, -0.05) is 0 Å². The third kappa shape index (κ3) is 2.52. The van der Waals surface area contributed by atoms with E-state index < -0.39 is 0 Å². The van der Waals surface area contributed by atoms with Gasteiger partial charge in [0.15, 0.2) is 0 Å². The first-order valence-corrected chi connectivity index (χ1v) is 5.07. The highest BCUT2D eigenvalue weighted by Crippen LogP contribution is 2.15. The molecule has 82 valence electrons. The molecule has 0 unspecified atom stereocenters. The Bertz CT molecular complexity index is 443. The Morgan fingerprint density at radius 2 is 2.19 bits per heavy atom. The summed E-state index contributed by atoms with van der Waals surface area (Å²) in [5.41, 5.74) is 7.22. The first-order chi connectivity index (χ1) is 7.90. The van der Waals surface area contributed by atoms with Gasteiger partial charge in [-0.3, -0.25) is 4.98 Å². The van der Waals surface area contributed by atoms with Crippen molar-refractivity contribution in [3.63, 3.8) is 0 Å². The summed E-state index contributed by atoms with van der Waals surface area (Å²) in [6.07, 6.45) is 5.22. The van der Waals surface area contributed by atoms with E-state index in [9.17, 15) is 0 Å². The molecule has 0 bridgehead atoms. The lowest BCUT2D eigenvalue weighted by molar-refractivity contribution is 0.990. The second-order valence-electron chi connectivity index (χ2n) is 3.22. The van der Waals surface area contributed by atoms with E-state index in [-0.39, 0.29) is 0 Å². The van der Waals surface area contributed by atoms with Crippen LogP contribution in [0, 0.1) is 0 Å². The zero-order chi connectivity index (χ0) is 11.2. The Morgan fingerprint density at radius 1 is 1.25 bits per heavy atom. The number of rotatable bonds is 4. The van der Waals surface area contributed by atoms with Gasteiger partial charge >= 0.3 is 0 Å². The maximum Gasteiger partial charge on any atom is 0.223 e. The van der Waals surface area contributed by atoms with Crippen LogP contribution in [0.5, 0.6) is 0 Å². The van der Waals surface area contributed by atoms with E-state index in [1.54, 1.807) is 18.6 Å². The van der Waals surface area contributed by atoms with Gasteiger partial charge in [0.1, 0.15) is 0 Å². The molecule has 2 aromatic heterocycles. The van der Waals surface area contributed by atoms with Crippen molar-refractivity contribution in [2.45, 2.75) is 0 Å². The largest absolute Gasteiger partial charge is 0.353 e. The summed E-state index contributed by atoms with van der Waals surface area (Å²) >= 11 is 0. The minimum Gasteiger partial charge on any atom is -0.353 e. The van der Waals surface area contributed by atoms with Gasteiger partial charge in [0.2, 0.25) is 5.95 Å². The van der Waals surface area contributed by atoms with Crippen LogP contribution in [-0.2, 0) is 0 Å². The Labute approximate surface area is 93.8 Å². The average molecular weight is 215 g/mol. The fraction of sp³-hybridized carbons (Fsp3) is 0.182. The van der Waals surface area contributed by atoms with Crippen LogP contribution in [0.3, 0.4) is 0 Å². The molecule has 2 heterocycles. The summed E-state index contributed by atoms with van der Waals surface area (Å²) in [6, 6.07) is 5.69. The van der Waals surface area contributed by atoms with Gasteiger partial charge in [-0.05, 0) is 18.2 Å². The molecule has 0 amide bonds. The molecule has 0 saturated heterocycles. The summed E-state index contributed by atoms with van der Waals surface area (Å²) in [5, 5.41) is 3.04. The Morgan fingerprint density at radius 3 is 2.94 bits per heavy atom. The normalized spacial score (nSPS) is 10.1. The molecule has 0 saturated carbocycles. The lowest BCUT2D eigenvalue weighted by Crippen LogP contribution is -2.14. The number of nitrogens with one attached hydrogen (secondary N) is 1. The second-order valence-corrected chi connectivity index (χ2v) is 3.22. The summed E-state index contributed by atoms with van der Waals surface area (Å²) in [7, 11) is 0. The highest BCUT2D eigenvalue weighted by atomic mass is 15.1. The van der Waals surface area contributed by atoms with Gasteiger partial charge in [-0.2, -0.15) is 0 Å². The quantitative estimate of drug-likeness (QED) is 0.792. The highest BCUT2D eigenvalue weighted by molar-refractivity contribution is 5.58. The summed E-state index contributed by atoms with van der Waals surface area (Å²) in [4.78, 5) is 12.5. The van der Waals surface area contributed by atoms with E-state index in [1.807, 2.05) is 18.2 Å². The van der Waals surface area contributed by atoms with E-state index in [1.165, 1.54) is 0 Å². The van der Waals surface area contributed by atoms with Crippen LogP contribution < -0.4 is 11.1 Å². The van der Waals surface area contributed by atoms with Crippen molar-refractivity contribution in [2.24, 2.45) is 5.73 Å². The second kappa shape index (κ2) is 5.18. The number of hydrogen-bond acceptors (Lipinski definition) is 5. The minimum atomic E-state index is 0.556. The average Bonchev–Trinajstić information content (AvgIpc) is 2.38. The predicted octanol–water partition coefficient (Wildman–Crippen LogP) is 0.909. The van der Waals surface area contributed by atoms with Crippen LogP contribution in [0.1, 0.15) is 0 Å². The van der Waals surface area contributed by atoms with E-state index in [4.69, 9.17) is 5.73 Å². The van der Waals surface area contributed by atoms with Gasteiger partial charge in [0, 0.05) is 37.2 Å². The smallest absolute Gasteiger partial charge is 0.223 e. The van der Waals surface area contributed by atoms with Crippen LogP contribution in [0.4, 0.5) is 5.95 Å². The predicted molar refractivity (Wildman–Crippen MR) is 62.8 cm³/mol. The van der Waals surface area contributed by atoms with Crippen molar-refractivity contribution in [3.8, 4) is 11.3 Å². The standard InChI is InChI=1S/C11H13N5/c12-4-7-15-11-14-6-3-10(16-11)9-2-1-5-13-8-9/h1-3,5-6,8H,4,7,12H2,(H,14,15,16). The summed E-state index contributed by atoms with van der Waals surface area (Å²) in [6.45, 7) is 1.22. The van der Waals surface area contributed by atoms with E-state index in [0.717, 1.165) is 11.3 Å². The molecule has 3 N–H and O–H groups in total. The molecule has 16 heavy (non-hydrogen) atoms. The number of anilines is 1. The summed E-state index contributed by atoms with van der Waals surface area (Å²) in [5.74, 6) is 0.590. The van der Waals surface area contributed by atoms with Gasteiger partial charge in [-0.15, -0.1) is 0 Å². The maximum absolute atomic E-state index is 5.40. The first kappa shape index (κ1) is 10.5. The topological polar surface area (TPSA) is 76.7 Å². The number of nitrogens with zero attached hydrogens (tertiary/aromatic N) is 3. The molecule has 0 fully saturated rings. The van der Waals surface area contributed by atoms with Crippen LogP contribution in [-0.4, -0.2) is 28.0 Å². The third-order valence-electron chi connectivity index (χ3n) is 2.04. The molecular weight excluding hydrogens is 202 g/mol. The van der Waals surface area contributed by atoms with Gasteiger partial charge in [-0.25, -0.2) is 9.97 Å². The molecule has 5 nitrogen and oxygen atoms in total. The van der Waals surface area contributed by atoms with Gasteiger partial charge in [0.05, 0.1) is 5.69 Å². The molecule has 0 aliphatic rings. The van der Waals surface area contributed by atoms with Crippen LogP contribution >= 0.6 is 0 Å². The third-order valence-corrected chi connectivity index (χ3v) is 2.04. The SMILES string of the molecule is NCCNc1nccc(-c2cccnc2)n1. The first-order valence-electron chi connectivity index (χ1n) is 5.07. The van der Waals surface area contributed by atoms with Crippen molar-refractivity contribution < 1.29 is 0 Å². The zero-order valence-corrected chi connectivity index (χ0v) is 8.80. The molecule has 2 rings (SSSR count). The van der Waals surface area contributed by atoms with Crippen molar-refractivity contribution in [1.82, 2.24) is 15.0 Å². The fourth-order valence-corrected chi connectivity index (χ4v) is 1.30. The number of hydrogen-bond donors (Lipinski definition) is 2. The molecule has 0 radical (unpaired) electrons. The highest BCUT2D eigenvalue weighted by Gasteiger charge is 2.00. The lowest BCUT2D eigenvalue weighted by Gasteiger charge is -2.04. The van der Waals surface area contributed by atoms with Crippen LogP contribution in [0.15, 0.2) is 36.8 Å². The number of aromatic nitrogens is 3. The van der Waals surface area contributed by atoms with E-state index in [2.05, 4.69) is 20.3 Å². The molecule has 5 heteroatoms. The van der Waals surface area contributed by atoms with Gasteiger partial charge < -0.3 is 11.1 Å². The van der Waals surface area contributed by atoms with Crippen molar-refractivity contribution >= 4 is 5.95 Å². The van der Waals surface area contributed by atoms with E-state index >= 15 is 0 Å². The zero-order valence-electron chi connectivity index (χ0n) is 8.80. The molecule has 2 aromatic rings. The molecule has 0 aromatic carbocycles. The van der Waals surface area contributed by atoms with Crippen molar-refractivity contribution in [3.05, 3.63) is 36.8 Å². The van der Waals surface area contributed by atoms with Crippen LogP contribution in [0.25, 0.3) is 11.3 Å². The van der Waals surface area contributed by atoms with E-state index in [0.29, 0.717) is 19.0 Å².